The Morgan fingerprint density at radius 1 is 0.947 bits per heavy atom. The molecule has 1 N–H and O–H groups in total. The fourth-order valence-electron chi connectivity index (χ4n) is 2.39. The molecule has 3 heteroatoms. The molecule has 2 aromatic rings. The molecular weight excluding hydrogens is 236 g/mol. The number of carbonyl (C=O) groups is 1. The lowest BCUT2D eigenvalue weighted by molar-refractivity contribution is 0.206. The van der Waals surface area contributed by atoms with Gasteiger partial charge in [-0.1, -0.05) is 42.5 Å². The molecule has 0 fully saturated rings. The zero-order valence-electron chi connectivity index (χ0n) is 10.7. The molecule has 3 nitrogen and oxygen atoms in total. The highest BCUT2D eigenvalue weighted by atomic mass is 16.2. The van der Waals surface area contributed by atoms with Gasteiger partial charge in [-0.15, -0.1) is 0 Å². The van der Waals surface area contributed by atoms with Gasteiger partial charge in [-0.2, -0.15) is 0 Å². The normalized spacial score (nSPS) is 13.8. The molecule has 19 heavy (non-hydrogen) atoms. The van der Waals surface area contributed by atoms with Gasteiger partial charge in [0.15, 0.2) is 0 Å². The molecule has 0 atom stereocenters. The van der Waals surface area contributed by atoms with E-state index in [1.807, 2.05) is 41.3 Å². The summed E-state index contributed by atoms with van der Waals surface area (Å²) >= 11 is 0. The maximum atomic E-state index is 12.2. The van der Waals surface area contributed by atoms with Gasteiger partial charge in [-0.25, -0.2) is 4.79 Å². The zero-order valence-corrected chi connectivity index (χ0v) is 10.7. The Bertz CT molecular complexity index is 580. The maximum absolute atomic E-state index is 12.2. The quantitative estimate of drug-likeness (QED) is 0.830. The third-order valence-electron chi connectivity index (χ3n) is 3.44. The van der Waals surface area contributed by atoms with Crippen molar-refractivity contribution in [1.29, 1.82) is 0 Å². The third kappa shape index (κ3) is 2.60. The van der Waals surface area contributed by atoms with Gasteiger partial charge in [0, 0.05) is 18.8 Å². The van der Waals surface area contributed by atoms with Crippen LogP contribution in [-0.2, 0) is 13.0 Å². The van der Waals surface area contributed by atoms with Crippen LogP contribution in [0.2, 0.25) is 0 Å². The average Bonchev–Trinajstić information content (AvgIpc) is 2.48. The molecule has 2 amide bonds. The summed E-state index contributed by atoms with van der Waals surface area (Å²) in [5.74, 6) is 0. The van der Waals surface area contributed by atoms with E-state index < -0.39 is 0 Å². The number of rotatable bonds is 1. The van der Waals surface area contributed by atoms with Crippen LogP contribution in [0.1, 0.15) is 11.1 Å². The first-order valence-electron chi connectivity index (χ1n) is 6.51. The summed E-state index contributed by atoms with van der Waals surface area (Å²) in [6.45, 7) is 1.46. The van der Waals surface area contributed by atoms with E-state index in [0.29, 0.717) is 6.54 Å². The highest BCUT2D eigenvalue weighted by Crippen LogP contribution is 2.19. The minimum absolute atomic E-state index is 0.0271. The SMILES string of the molecule is O=C(Nc1ccccc1)N1CCc2ccccc2C1. The molecular formula is C16H16N2O. The highest BCUT2D eigenvalue weighted by molar-refractivity contribution is 5.89. The van der Waals surface area contributed by atoms with Crippen molar-refractivity contribution in [3.63, 3.8) is 0 Å². The van der Waals surface area contributed by atoms with Gasteiger partial charge in [-0.05, 0) is 29.7 Å². The van der Waals surface area contributed by atoms with E-state index in [2.05, 4.69) is 23.5 Å². The number of nitrogens with one attached hydrogen (secondary N) is 1. The van der Waals surface area contributed by atoms with Gasteiger partial charge in [0.1, 0.15) is 0 Å². The lowest BCUT2D eigenvalue weighted by Crippen LogP contribution is -2.38. The fraction of sp³-hybridized carbons (Fsp3) is 0.188. The number of hydrogen-bond acceptors (Lipinski definition) is 1. The van der Waals surface area contributed by atoms with Crippen LogP contribution in [0.25, 0.3) is 0 Å². The molecule has 1 aliphatic heterocycles. The molecule has 2 aromatic carbocycles. The maximum Gasteiger partial charge on any atom is 0.322 e. The Morgan fingerprint density at radius 2 is 1.63 bits per heavy atom. The lowest BCUT2D eigenvalue weighted by atomic mass is 10.0. The molecule has 0 radical (unpaired) electrons. The summed E-state index contributed by atoms with van der Waals surface area (Å²) in [7, 11) is 0. The second kappa shape index (κ2) is 5.14. The third-order valence-corrected chi connectivity index (χ3v) is 3.44. The summed E-state index contributed by atoms with van der Waals surface area (Å²) in [6, 6.07) is 17.9. The van der Waals surface area contributed by atoms with Crippen LogP contribution in [0.15, 0.2) is 54.6 Å². The molecule has 1 heterocycles. The van der Waals surface area contributed by atoms with E-state index in [1.54, 1.807) is 0 Å². The van der Waals surface area contributed by atoms with Gasteiger partial charge in [0.25, 0.3) is 0 Å². The van der Waals surface area contributed by atoms with E-state index in [1.165, 1.54) is 11.1 Å². The first-order valence-corrected chi connectivity index (χ1v) is 6.51. The first-order chi connectivity index (χ1) is 9.33. The van der Waals surface area contributed by atoms with E-state index >= 15 is 0 Å². The van der Waals surface area contributed by atoms with E-state index in [9.17, 15) is 4.79 Å². The largest absolute Gasteiger partial charge is 0.322 e. The predicted octanol–water partition coefficient (Wildman–Crippen LogP) is 3.28. The molecule has 3 rings (SSSR count). The molecule has 0 unspecified atom stereocenters. The van der Waals surface area contributed by atoms with E-state index in [4.69, 9.17) is 0 Å². The summed E-state index contributed by atoms with van der Waals surface area (Å²) < 4.78 is 0. The monoisotopic (exact) mass is 252 g/mol. The molecule has 0 aromatic heterocycles. The van der Waals surface area contributed by atoms with Crippen LogP contribution in [0.4, 0.5) is 10.5 Å². The predicted molar refractivity (Wildman–Crippen MR) is 76.0 cm³/mol. The van der Waals surface area contributed by atoms with Crippen LogP contribution >= 0.6 is 0 Å². The van der Waals surface area contributed by atoms with Crippen LogP contribution in [0.3, 0.4) is 0 Å². The summed E-state index contributed by atoms with van der Waals surface area (Å²) in [6.07, 6.45) is 0.929. The minimum atomic E-state index is -0.0271. The first kappa shape index (κ1) is 11.8. The van der Waals surface area contributed by atoms with Crippen molar-refractivity contribution in [2.45, 2.75) is 13.0 Å². The van der Waals surface area contributed by atoms with E-state index in [0.717, 1.165) is 18.7 Å². The zero-order chi connectivity index (χ0) is 13.1. The van der Waals surface area contributed by atoms with Crippen LogP contribution in [0, 0.1) is 0 Å². The van der Waals surface area contributed by atoms with Crippen molar-refractivity contribution in [3.8, 4) is 0 Å². The smallest absolute Gasteiger partial charge is 0.320 e. The molecule has 0 spiro atoms. The number of carbonyl (C=O) groups excluding carboxylic acids is 1. The molecule has 0 aliphatic carbocycles. The van der Waals surface area contributed by atoms with Crippen LogP contribution < -0.4 is 5.32 Å². The lowest BCUT2D eigenvalue weighted by Gasteiger charge is -2.28. The summed E-state index contributed by atoms with van der Waals surface area (Å²) in [4.78, 5) is 14.0. The second-order valence-corrected chi connectivity index (χ2v) is 4.74. The molecule has 0 saturated heterocycles. The number of fused-ring (bicyclic) bond motifs is 1. The van der Waals surface area contributed by atoms with Crippen molar-refractivity contribution in [1.82, 2.24) is 4.90 Å². The molecule has 96 valence electrons. The molecule has 1 aliphatic rings. The number of benzene rings is 2. The standard InChI is InChI=1S/C16H16N2O/c19-16(17-15-8-2-1-3-9-15)18-11-10-13-6-4-5-7-14(13)12-18/h1-9H,10-12H2,(H,17,19). The number of amides is 2. The van der Waals surface area contributed by atoms with Gasteiger partial charge < -0.3 is 10.2 Å². The van der Waals surface area contributed by atoms with Crippen LogP contribution in [-0.4, -0.2) is 17.5 Å². The van der Waals surface area contributed by atoms with Gasteiger partial charge in [0.05, 0.1) is 0 Å². The van der Waals surface area contributed by atoms with Crippen molar-refractivity contribution in [3.05, 3.63) is 65.7 Å². The Hall–Kier alpha value is -2.29. The van der Waals surface area contributed by atoms with Crippen LogP contribution in [0.5, 0.6) is 0 Å². The summed E-state index contributed by atoms with van der Waals surface area (Å²) in [5, 5.41) is 2.93. The molecule has 0 bridgehead atoms. The van der Waals surface area contributed by atoms with Crippen molar-refractivity contribution in [2.24, 2.45) is 0 Å². The minimum Gasteiger partial charge on any atom is -0.320 e. The van der Waals surface area contributed by atoms with Gasteiger partial charge in [0.2, 0.25) is 0 Å². The van der Waals surface area contributed by atoms with Crippen molar-refractivity contribution >= 4 is 11.7 Å². The number of anilines is 1. The van der Waals surface area contributed by atoms with Crippen molar-refractivity contribution in [2.75, 3.05) is 11.9 Å². The fourth-order valence-corrected chi connectivity index (χ4v) is 2.39. The Balaban J connectivity index is 1.70. The number of urea groups is 1. The number of hydrogen-bond donors (Lipinski definition) is 1. The Morgan fingerprint density at radius 3 is 2.42 bits per heavy atom. The topological polar surface area (TPSA) is 32.3 Å². The second-order valence-electron chi connectivity index (χ2n) is 4.74. The van der Waals surface area contributed by atoms with Gasteiger partial charge in [-0.3, -0.25) is 0 Å². The molecule has 0 saturated carbocycles. The average molecular weight is 252 g/mol. The highest BCUT2D eigenvalue weighted by Gasteiger charge is 2.20. The Labute approximate surface area is 112 Å². The van der Waals surface area contributed by atoms with Gasteiger partial charge >= 0.3 is 6.03 Å². The van der Waals surface area contributed by atoms with Crippen molar-refractivity contribution < 1.29 is 4.79 Å². The number of nitrogens with zero attached hydrogens (tertiary/aromatic N) is 1. The summed E-state index contributed by atoms with van der Waals surface area (Å²) in [5.41, 5.74) is 3.44. The number of para-hydroxylation sites is 1. The Kier molecular flexibility index (Phi) is 3.19. The van der Waals surface area contributed by atoms with E-state index in [-0.39, 0.29) is 6.03 Å².